The molecule has 1 saturated heterocycles. The first-order chi connectivity index (χ1) is 7.69. The Morgan fingerprint density at radius 3 is 2.94 bits per heavy atom. The van der Waals surface area contributed by atoms with E-state index >= 15 is 0 Å². The van der Waals surface area contributed by atoms with Gasteiger partial charge in [-0.3, -0.25) is 4.90 Å². The molecule has 0 amide bonds. The largest absolute Gasteiger partial charge is 0.396 e. The molecule has 0 spiro atoms. The Labute approximate surface area is 105 Å². The highest BCUT2D eigenvalue weighted by Gasteiger charge is 2.22. The molecule has 88 valence electrons. The number of aliphatic hydroxyl groups is 1. The summed E-state index contributed by atoms with van der Waals surface area (Å²) >= 11 is 11.9. The molecular weight excluding hydrogens is 247 g/mol. The van der Waals surface area contributed by atoms with Gasteiger partial charge in [-0.1, -0.05) is 23.2 Å². The van der Waals surface area contributed by atoms with E-state index in [2.05, 4.69) is 9.88 Å². The van der Waals surface area contributed by atoms with Gasteiger partial charge in [-0.15, -0.1) is 0 Å². The molecule has 1 aromatic rings. The molecule has 2 rings (SSSR count). The molecule has 0 aromatic carbocycles. The van der Waals surface area contributed by atoms with Gasteiger partial charge in [0.15, 0.2) is 0 Å². The van der Waals surface area contributed by atoms with Gasteiger partial charge >= 0.3 is 0 Å². The molecule has 1 N–H and O–H groups in total. The van der Waals surface area contributed by atoms with E-state index in [1.54, 1.807) is 12.1 Å². The molecule has 3 nitrogen and oxygen atoms in total. The van der Waals surface area contributed by atoms with Gasteiger partial charge in [0.1, 0.15) is 5.15 Å². The number of hydrogen-bond acceptors (Lipinski definition) is 3. The second kappa shape index (κ2) is 5.32. The molecule has 1 atom stereocenters. The Morgan fingerprint density at radius 2 is 2.25 bits per heavy atom. The van der Waals surface area contributed by atoms with Gasteiger partial charge in [-0.25, -0.2) is 4.98 Å². The van der Waals surface area contributed by atoms with E-state index in [1.165, 1.54) is 0 Å². The highest BCUT2D eigenvalue weighted by molar-refractivity contribution is 6.32. The smallest absolute Gasteiger partial charge is 0.129 e. The van der Waals surface area contributed by atoms with Crippen molar-refractivity contribution >= 4 is 23.2 Å². The first kappa shape index (κ1) is 12.1. The Kier molecular flexibility index (Phi) is 4.03. The van der Waals surface area contributed by atoms with Crippen molar-refractivity contribution in [3.63, 3.8) is 0 Å². The van der Waals surface area contributed by atoms with Crippen LogP contribution in [0, 0.1) is 5.92 Å². The van der Waals surface area contributed by atoms with Crippen LogP contribution in [0.3, 0.4) is 0 Å². The molecule has 1 aliphatic rings. The summed E-state index contributed by atoms with van der Waals surface area (Å²) in [5.74, 6) is 0.387. The van der Waals surface area contributed by atoms with Crippen LogP contribution >= 0.6 is 23.2 Å². The first-order valence-electron chi connectivity index (χ1n) is 5.33. The van der Waals surface area contributed by atoms with E-state index in [9.17, 15) is 0 Å². The maximum Gasteiger partial charge on any atom is 0.129 e. The number of halogens is 2. The van der Waals surface area contributed by atoms with Crippen LogP contribution in [0.1, 0.15) is 12.1 Å². The second-order valence-corrected chi connectivity index (χ2v) is 4.93. The normalized spacial score (nSPS) is 21.6. The lowest BCUT2D eigenvalue weighted by molar-refractivity contribution is 0.219. The monoisotopic (exact) mass is 260 g/mol. The molecule has 1 aromatic heterocycles. The van der Waals surface area contributed by atoms with Crippen LogP contribution in [0.2, 0.25) is 10.2 Å². The minimum atomic E-state index is 0.257. The lowest BCUT2D eigenvalue weighted by Crippen LogP contribution is -2.21. The molecule has 0 saturated carbocycles. The van der Waals surface area contributed by atoms with Crippen molar-refractivity contribution in [2.75, 3.05) is 19.7 Å². The van der Waals surface area contributed by atoms with Crippen molar-refractivity contribution in [2.24, 2.45) is 5.92 Å². The van der Waals surface area contributed by atoms with Crippen LogP contribution in [0.15, 0.2) is 12.1 Å². The third kappa shape index (κ3) is 2.86. The molecule has 2 heterocycles. The predicted molar refractivity (Wildman–Crippen MR) is 64.7 cm³/mol. The summed E-state index contributed by atoms with van der Waals surface area (Å²) in [6, 6.07) is 3.46. The summed E-state index contributed by atoms with van der Waals surface area (Å²) in [7, 11) is 0. The van der Waals surface area contributed by atoms with E-state index in [-0.39, 0.29) is 6.61 Å². The minimum Gasteiger partial charge on any atom is -0.396 e. The summed E-state index contributed by atoms with van der Waals surface area (Å²) in [4.78, 5) is 6.46. The average molecular weight is 261 g/mol. The quantitative estimate of drug-likeness (QED) is 0.847. The number of pyridine rings is 1. The maximum atomic E-state index is 9.06. The Bertz CT molecular complexity index is 373. The fourth-order valence-corrected chi connectivity index (χ4v) is 2.32. The highest BCUT2D eigenvalue weighted by Crippen LogP contribution is 2.22. The van der Waals surface area contributed by atoms with Crippen molar-refractivity contribution in [2.45, 2.75) is 13.0 Å². The van der Waals surface area contributed by atoms with Crippen molar-refractivity contribution in [3.05, 3.63) is 28.0 Å². The summed E-state index contributed by atoms with van der Waals surface area (Å²) in [5, 5.41) is 10.2. The number of rotatable bonds is 3. The minimum absolute atomic E-state index is 0.257. The molecule has 1 fully saturated rings. The summed E-state index contributed by atoms with van der Waals surface area (Å²) in [6.45, 7) is 2.85. The zero-order chi connectivity index (χ0) is 11.5. The molecule has 0 radical (unpaired) electrons. The zero-order valence-corrected chi connectivity index (χ0v) is 10.4. The van der Waals surface area contributed by atoms with E-state index in [0.29, 0.717) is 22.6 Å². The van der Waals surface area contributed by atoms with Gasteiger partial charge in [-0.05, 0) is 31.0 Å². The van der Waals surface area contributed by atoms with Gasteiger partial charge in [0.05, 0.1) is 10.7 Å². The molecule has 5 heteroatoms. The van der Waals surface area contributed by atoms with Crippen LogP contribution in [0.4, 0.5) is 0 Å². The van der Waals surface area contributed by atoms with Crippen LogP contribution < -0.4 is 0 Å². The van der Waals surface area contributed by atoms with E-state index in [4.69, 9.17) is 28.3 Å². The molecular formula is C11H14Cl2N2O. The third-order valence-corrected chi connectivity index (χ3v) is 3.44. The van der Waals surface area contributed by atoms with Crippen LogP contribution in [-0.2, 0) is 6.54 Å². The SMILES string of the molecule is OCC1CCN(Cc2nc(Cl)ccc2Cl)C1. The van der Waals surface area contributed by atoms with E-state index < -0.39 is 0 Å². The number of nitrogens with zero attached hydrogens (tertiary/aromatic N) is 2. The molecule has 0 bridgehead atoms. The summed E-state index contributed by atoms with van der Waals surface area (Å²) < 4.78 is 0. The van der Waals surface area contributed by atoms with Gasteiger partial charge < -0.3 is 5.11 Å². The standard InChI is InChI=1S/C11H14Cl2N2O/c12-9-1-2-11(13)14-10(9)6-15-4-3-8(5-15)7-16/h1-2,8,16H,3-7H2. The fraction of sp³-hybridized carbons (Fsp3) is 0.545. The number of aliphatic hydroxyl groups excluding tert-OH is 1. The Hall–Kier alpha value is -0.350. The van der Waals surface area contributed by atoms with Gasteiger partial charge in [0.2, 0.25) is 0 Å². The highest BCUT2D eigenvalue weighted by atomic mass is 35.5. The van der Waals surface area contributed by atoms with Gasteiger partial charge in [0.25, 0.3) is 0 Å². The fourth-order valence-electron chi connectivity index (χ4n) is 1.99. The third-order valence-electron chi connectivity index (χ3n) is 2.89. The van der Waals surface area contributed by atoms with Crippen molar-refractivity contribution in [1.29, 1.82) is 0 Å². The predicted octanol–water partition coefficient (Wildman–Crippen LogP) is 2.20. The summed E-state index contributed by atoms with van der Waals surface area (Å²) in [5.41, 5.74) is 0.813. The van der Waals surface area contributed by atoms with Crippen LogP contribution in [-0.4, -0.2) is 34.7 Å². The average Bonchev–Trinajstić information content (AvgIpc) is 2.71. The molecule has 1 aliphatic heterocycles. The van der Waals surface area contributed by atoms with E-state index in [1.807, 2.05) is 0 Å². The van der Waals surface area contributed by atoms with Crippen LogP contribution in [0.5, 0.6) is 0 Å². The van der Waals surface area contributed by atoms with Gasteiger partial charge in [0, 0.05) is 19.7 Å². The Balaban J connectivity index is 2.01. The van der Waals surface area contributed by atoms with Crippen LogP contribution in [0.25, 0.3) is 0 Å². The van der Waals surface area contributed by atoms with Crippen molar-refractivity contribution in [1.82, 2.24) is 9.88 Å². The maximum absolute atomic E-state index is 9.06. The zero-order valence-electron chi connectivity index (χ0n) is 8.87. The topological polar surface area (TPSA) is 36.4 Å². The lowest BCUT2D eigenvalue weighted by Gasteiger charge is -2.15. The molecule has 1 unspecified atom stereocenters. The van der Waals surface area contributed by atoms with Gasteiger partial charge in [-0.2, -0.15) is 0 Å². The second-order valence-electron chi connectivity index (χ2n) is 4.13. The molecule has 16 heavy (non-hydrogen) atoms. The number of likely N-dealkylation sites (tertiary alicyclic amines) is 1. The van der Waals surface area contributed by atoms with E-state index in [0.717, 1.165) is 25.2 Å². The first-order valence-corrected chi connectivity index (χ1v) is 6.08. The summed E-state index contributed by atoms with van der Waals surface area (Å²) in [6.07, 6.45) is 1.04. The number of hydrogen-bond donors (Lipinski definition) is 1. The molecule has 0 aliphatic carbocycles. The van der Waals surface area contributed by atoms with Crippen molar-refractivity contribution < 1.29 is 5.11 Å². The van der Waals surface area contributed by atoms with Crippen molar-refractivity contribution in [3.8, 4) is 0 Å². The number of aromatic nitrogens is 1. The lowest BCUT2D eigenvalue weighted by atomic mass is 10.1. The Morgan fingerprint density at radius 1 is 1.44 bits per heavy atom.